The molecule has 0 amide bonds. The Bertz CT molecular complexity index is 173. The molecule has 1 fully saturated rings. The fourth-order valence-electron chi connectivity index (χ4n) is 2.80. The van der Waals surface area contributed by atoms with Crippen LogP contribution in [0.1, 0.15) is 48.0 Å². The molecule has 2 nitrogen and oxygen atoms in total. The minimum Gasteiger partial charge on any atom is -0.237 e. The van der Waals surface area contributed by atoms with E-state index in [9.17, 15) is 0 Å². The maximum atomic E-state index is 5.24. The Morgan fingerprint density at radius 1 is 0.857 bits per heavy atom. The molecule has 0 aromatic heterocycles. The normalized spacial score (nSPS) is 23.6. The van der Waals surface area contributed by atoms with E-state index in [0.717, 1.165) is 6.42 Å². The zero-order chi connectivity index (χ0) is 11.0. The minimum absolute atomic E-state index is 0.207. The zero-order valence-corrected chi connectivity index (χ0v) is 10.4. The third-order valence-corrected chi connectivity index (χ3v) is 3.87. The maximum absolute atomic E-state index is 5.24. The van der Waals surface area contributed by atoms with E-state index in [4.69, 9.17) is 9.78 Å². The molecule has 0 unspecified atom stereocenters. The van der Waals surface area contributed by atoms with Crippen LogP contribution in [-0.4, -0.2) is 13.2 Å². The first-order valence-electron chi connectivity index (χ1n) is 5.45. The lowest BCUT2D eigenvalue weighted by Gasteiger charge is -2.54. The molecule has 0 bridgehead atoms. The van der Waals surface area contributed by atoms with E-state index in [1.54, 1.807) is 0 Å². The molecule has 2 heteroatoms. The SMILES string of the molecule is CC(C)(C)C1(C(C)(C)C)CCOOC1. The van der Waals surface area contributed by atoms with Crippen LogP contribution in [0.3, 0.4) is 0 Å². The van der Waals surface area contributed by atoms with Crippen LogP contribution in [0.25, 0.3) is 0 Å². The lowest BCUT2D eigenvalue weighted by Crippen LogP contribution is -2.52. The third kappa shape index (κ3) is 1.82. The second-order valence-corrected chi connectivity index (χ2v) is 6.42. The molecule has 1 heterocycles. The van der Waals surface area contributed by atoms with Gasteiger partial charge in [-0.25, -0.2) is 9.78 Å². The van der Waals surface area contributed by atoms with Crippen molar-refractivity contribution in [1.82, 2.24) is 0 Å². The van der Waals surface area contributed by atoms with Gasteiger partial charge in [0, 0.05) is 5.41 Å². The number of rotatable bonds is 0. The van der Waals surface area contributed by atoms with E-state index in [0.29, 0.717) is 13.2 Å². The number of hydrogen-bond donors (Lipinski definition) is 0. The fraction of sp³-hybridized carbons (Fsp3) is 1.00. The molecule has 0 saturated carbocycles. The summed E-state index contributed by atoms with van der Waals surface area (Å²) in [6.45, 7) is 15.2. The molecule has 1 aliphatic heterocycles. The molecule has 84 valence electrons. The Morgan fingerprint density at radius 3 is 1.57 bits per heavy atom. The average Bonchev–Trinajstić information content (AvgIpc) is 2.02. The van der Waals surface area contributed by atoms with Crippen LogP contribution < -0.4 is 0 Å². The van der Waals surface area contributed by atoms with Crippen molar-refractivity contribution in [3.63, 3.8) is 0 Å². The molecule has 0 aromatic rings. The van der Waals surface area contributed by atoms with Gasteiger partial charge in [0.2, 0.25) is 0 Å². The van der Waals surface area contributed by atoms with Gasteiger partial charge in [-0.1, -0.05) is 41.5 Å². The molecule has 0 radical (unpaired) electrons. The van der Waals surface area contributed by atoms with Gasteiger partial charge >= 0.3 is 0 Å². The van der Waals surface area contributed by atoms with Crippen LogP contribution in [-0.2, 0) is 9.78 Å². The fourth-order valence-corrected chi connectivity index (χ4v) is 2.80. The van der Waals surface area contributed by atoms with Gasteiger partial charge < -0.3 is 0 Å². The summed E-state index contributed by atoms with van der Waals surface area (Å²) in [6.07, 6.45) is 1.08. The summed E-state index contributed by atoms with van der Waals surface area (Å²) in [7, 11) is 0. The topological polar surface area (TPSA) is 18.5 Å². The summed E-state index contributed by atoms with van der Waals surface area (Å²) in [6, 6.07) is 0. The standard InChI is InChI=1S/C12H24O2/c1-10(2,3)12(11(4,5)6)7-8-13-14-9-12/h7-9H2,1-6H3. The Kier molecular flexibility index (Phi) is 2.99. The van der Waals surface area contributed by atoms with Gasteiger partial charge in [-0.3, -0.25) is 0 Å². The van der Waals surface area contributed by atoms with Crippen molar-refractivity contribution in [3.05, 3.63) is 0 Å². The minimum atomic E-state index is 0.207. The predicted octanol–water partition coefficient (Wildman–Crippen LogP) is 3.42. The van der Waals surface area contributed by atoms with Crippen LogP contribution in [0.4, 0.5) is 0 Å². The Labute approximate surface area is 87.9 Å². The van der Waals surface area contributed by atoms with Gasteiger partial charge in [0.05, 0.1) is 13.2 Å². The van der Waals surface area contributed by atoms with Crippen molar-refractivity contribution in [2.75, 3.05) is 13.2 Å². The van der Waals surface area contributed by atoms with Gasteiger partial charge in [0.25, 0.3) is 0 Å². The highest BCUT2D eigenvalue weighted by Gasteiger charge is 2.51. The Hall–Kier alpha value is -0.0800. The smallest absolute Gasteiger partial charge is 0.0889 e. The largest absolute Gasteiger partial charge is 0.237 e. The molecule has 0 aliphatic carbocycles. The van der Waals surface area contributed by atoms with E-state index in [-0.39, 0.29) is 16.2 Å². The first-order chi connectivity index (χ1) is 6.21. The molecule has 1 saturated heterocycles. The molecular formula is C12H24O2. The van der Waals surface area contributed by atoms with Gasteiger partial charge in [-0.15, -0.1) is 0 Å². The van der Waals surface area contributed by atoms with Crippen molar-refractivity contribution >= 4 is 0 Å². The van der Waals surface area contributed by atoms with Crippen molar-refractivity contribution in [2.24, 2.45) is 16.2 Å². The highest BCUT2D eigenvalue weighted by molar-refractivity contribution is 4.98. The van der Waals surface area contributed by atoms with Crippen LogP contribution in [0.15, 0.2) is 0 Å². The summed E-state index contributed by atoms with van der Waals surface area (Å²) in [4.78, 5) is 10.3. The number of hydrogen-bond acceptors (Lipinski definition) is 2. The summed E-state index contributed by atoms with van der Waals surface area (Å²) in [5, 5.41) is 0. The Morgan fingerprint density at radius 2 is 1.36 bits per heavy atom. The second-order valence-electron chi connectivity index (χ2n) is 6.42. The molecule has 0 aromatic carbocycles. The molecule has 0 atom stereocenters. The summed E-state index contributed by atoms with van der Waals surface area (Å²) in [5.41, 5.74) is 0.697. The van der Waals surface area contributed by atoms with Crippen molar-refractivity contribution in [2.45, 2.75) is 48.0 Å². The molecular weight excluding hydrogens is 176 g/mol. The summed E-state index contributed by atoms with van der Waals surface area (Å²) in [5.74, 6) is 0. The van der Waals surface area contributed by atoms with Gasteiger partial charge in [-0.2, -0.15) is 0 Å². The second kappa shape index (κ2) is 3.49. The highest BCUT2D eigenvalue weighted by Crippen LogP contribution is 2.55. The summed E-state index contributed by atoms with van der Waals surface area (Å²) < 4.78 is 0. The van der Waals surface area contributed by atoms with Gasteiger partial charge in [-0.05, 0) is 17.3 Å². The zero-order valence-electron chi connectivity index (χ0n) is 10.4. The van der Waals surface area contributed by atoms with Crippen LogP contribution in [0, 0.1) is 16.2 Å². The monoisotopic (exact) mass is 200 g/mol. The van der Waals surface area contributed by atoms with E-state index >= 15 is 0 Å². The maximum Gasteiger partial charge on any atom is 0.0889 e. The van der Waals surface area contributed by atoms with E-state index in [1.807, 2.05) is 0 Å². The summed E-state index contributed by atoms with van der Waals surface area (Å²) >= 11 is 0. The van der Waals surface area contributed by atoms with Crippen LogP contribution in [0.5, 0.6) is 0 Å². The quantitative estimate of drug-likeness (QED) is 0.558. The Balaban J connectivity index is 3.01. The van der Waals surface area contributed by atoms with E-state index in [1.165, 1.54) is 0 Å². The lowest BCUT2D eigenvalue weighted by atomic mass is 9.53. The van der Waals surface area contributed by atoms with Gasteiger partial charge in [0.1, 0.15) is 0 Å². The molecule has 1 rings (SSSR count). The first kappa shape index (κ1) is 12.0. The average molecular weight is 200 g/mol. The third-order valence-electron chi connectivity index (χ3n) is 3.87. The molecule has 0 spiro atoms. The van der Waals surface area contributed by atoms with E-state index in [2.05, 4.69) is 41.5 Å². The van der Waals surface area contributed by atoms with Crippen LogP contribution >= 0.6 is 0 Å². The molecule has 0 N–H and O–H groups in total. The van der Waals surface area contributed by atoms with Crippen molar-refractivity contribution < 1.29 is 9.78 Å². The molecule has 14 heavy (non-hydrogen) atoms. The van der Waals surface area contributed by atoms with E-state index < -0.39 is 0 Å². The van der Waals surface area contributed by atoms with Gasteiger partial charge in [0.15, 0.2) is 0 Å². The molecule has 1 aliphatic rings. The lowest BCUT2D eigenvalue weighted by molar-refractivity contribution is -0.362. The van der Waals surface area contributed by atoms with Crippen molar-refractivity contribution in [3.8, 4) is 0 Å². The van der Waals surface area contributed by atoms with Crippen LogP contribution in [0.2, 0.25) is 0 Å². The van der Waals surface area contributed by atoms with Crippen molar-refractivity contribution in [1.29, 1.82) is 0 Å². The first-order valence-corrected chi connectivity index (χ1v) is 5.45. The highest BCUT2D eigenvalue weighted by atomic mass is 17.2. The predicted molar refractivity (Wildman–Crippen MR) is 57.9 cm³/mol.